The van der Waals surface area contributed by atoms with Gasteiger partial charge in [-0.1, -0.05) is 6.07 Å². The molecule has 0 aliphatic rings. The number of carbonyl (C=O) groups is 1. The number of rotatable bonds is 4. The van der Waals surface area contributed by atoms with Crippen LogP contribution in [-0.4, -0.2) is 39.8 Å². The van der Waals surface area contributed by atoms with Crippen LogP contribution in [0.5, 0.6) is 0 Å². The van der Waals surface area contributed by atoms with Crippen LogP contribution < -0.4 is 16.6 Å². The minimum atomic E-state index is -0.508. The van der Waals surface area contributed by atoms with Crippen LogP contribution >= 0.6 is 0 Å². The smallest absolute Gasteiger partial charge is 0.332 e. The molecule has 4 heterocycles. The van der Waals surface area contributed by atoms with E-state index in [1.54, 1.807) is 12.3 Å². The molecule has 0 saturated heterocycles. The van der Waals surface area contributed by atoms with E-state index in [1.165, 1.54) is 48.1 Å². The van der Waals surface area contributed by atoms with E-state index in [9.17, 15) is 14.4 Å². The molecule has 1 amide bonds. The minimum absolute atomic E-state index is 0.105. The molecule has 0 atom stereocenters. The zero-order valence-electron chi connectivity index (χ0n) is 15.6. The van der Waals surface area contributed by atoms with Crippen LogP contribution in [0.15, 0.2) is 52.7 Å². The summed E-state index contributed by atoms with van der Waals surface area (Å²) < 4.78 is 3.76. The second kappa shape index (κ2) is 7.11. The Labute approximate surface area is 163 Å². The van der Waals surface area contributed by atoms with E-state index in [1.807, 2.05) is 6.07 Å². The van der Waals surface area contributed by atoms with E-state index in [0.29, 0.717) is 5.82 Å². The predicted molar refractivity (Wildman–Crippen MR) is 103 cm³/mol. The van der Waals surface area contributed by atoms with Crippen molar-refractivity contribution >= 4 is 16.9 Å². The lowest BCUT2D eigenvalue weighted by Gasteiger charge is -2.09. The molecule has 4 aromatic heterocycles. The SMILES string of the molecule is Cn1c(=O)c2ccc(C(=O)NCc3ccc(-n4cncn4)nc3)nc2n(C)c1=O. The van der Waals surface area contributed by atoms with Crippen molar-refractivity contribution in [2.75, 3.05) is 0 Å². The van der Waals surface area contributed by atoms with Gasteiger partial charge in [-0.2, -0.15) is 5.10 Å². The van der Waals surface area contributed by atoms with E-state index in [0.717, 1.165) is 10.1 Å². The number of hydrogen-bond donors (Lipinski definition) is 1. The number of fused-ring (bicyclic) bond motifs is 1. The molecule has 4 aromatic rings. The number of pyridine rings is 2. The maximum absolute atomic E-state index is 12.5. The summed E-state index contributed by atoms with van der Waals surface area (Å²) in [6, 6.07) is 6.52. The monoisotopic (exact) mass is 392 g/mol. The van der Waals surface area contributed by atoms with Gasteiger partial charge in [0.15, 0.2) is 5.82 Å². The van der Waals surface area contributed by atoms with Crippen molar-refractivity contribution in [2.24, 2.45) is 14.1 Å². The third-order valence-corrected chi connectivity index (χ3v) is 4.45. The summed E-state index contributed by atoms with van der Waals surface area (Å²) in [5.41, 5.74) is 0.0778. The third kappa shape index (κ3) is 3.29. The van der Waals surface area contributed by atoms with Gasteiger partial charge in [-0.05, 0) is 23.8 Å². The van der Waals surface area contributed by atoms with Gasteiger partial charge in [0.1, 0.15) is 24.0 Å². The van der Waals surface area contributed by atoms with Gasteiger partial charge in [0.2, 0.25) is 0 Å². The van der Waals surface area contributed by atoms with Gasteiger partial charge in [0, 0.05) is 26.8 Å². The van der Waals surface area contributed by atoms with Gasteiger partial charge < -0.3 is 5.32 Å². The molecular weight excluding hydrogens is 376 g/mol. The van der Waals surface area contributed by atoms with Crippen LogP contribution in [-0.2, 0) is 20.6 Å². The van der Waals surface area contributed by atoms with Crippen molar-refractivity contribution in [1.82, 2.24) is 39.2 Å². The maximum Gasteiger partial charge on any atom is 0.332 e. The Kier molecular flexibility index (Phi) is 4.47. The predicted octanol–water partition coefficient (Wildman–Crippen LogP) is -0.462. The lowest BCUT2D eigenvalue weighted by Crippen LogP contribution is -2.37. The number of aromatic nitrogens is 7. The van der Waals surface area contributed by atoms with E-state index >= 15 is 0 Å². The fourth-order valence-corrected chi connectivity index (χ4v) is 2.84. The largest absolute Gasteiger partial charge is 0.347 e. The molecule has 0 unspecified atom stereocenters. The Morgan fingerprint density at radius 3 is 2.62 bits per heavy atom. The summed E-state index contributed by atoms with van der Waals surface area (Å²) in [6.45, 7) is 0.235. The number of nitrogens with one attached hydrogen (secondary N) is 1. The zero-order chi connectivity index (χ0) is 20.5. The fourth-order valence-electron chi connectivity index (χ4n) is 2.84. The van der Waals surface area contributed by atoms with Crippen molar-refractivity contribution in [3.63, 3.8) is 0 Å². The molecule has 0 aliphatic heterocycles. The van der Waals surface area contributed by atoms with Crippen LogP contribution in [0.3, 0.4) is 0 Å². The normalized spacial score (nSPS) is 11.0. The lowest BCUT2D eigenvalue weighted by molar-refractivity contribution is 0.0946. The van der Waals surface area contributed by atoms with Crippen LogP contribution in [0.4, 0.5) is 0 Å². The molecule has 0 saturated carbocycles. The lowest BCUT2D eigenvalue weighted by atomic mass is 10.2. The van der Waals surface area contributed by atoms with Crippen LogP contribution in [0.2, 0.25) is 0 Å². The Morgan fingerprint density at radius 2 is 1.93 bits per heavy atom. The first-order valence-electron chi connectivity index (χ1n) is 8.60. The van der Waals surface area contributed by atoms with Crippen LogP contribution in [0.25, 0.3) is 16.9 Å². The Hall–Kier alpha value is -4.15. The van der Waals surface area contributed by atoms with Crippen molar-refractivity contribution in [2.45, 2.75) is 6.54 Å². The molecule has 0 fully saturated rings. The molecule has 0 bridgehead atoms. The highest BCUT2D eigenvalue weighted by Gasteiger charge is 2.14. The van der Waals surface area contributed by atoms with Gasteiger partial charge in [-0.3, -0.25) is 18.7 Å². The maximum atomic E-state index is 12.5. The molecule has 0 aliphatic carbocycles. The van der Waals surface area contributed by atoms with Gasteiger partial charge in [0.05, 0.1) is 5.39 Å². The number of carbonyl (C=O) groups excluding carboxylic acids is 1. The molecule has 4 rings (SSSR count). The first-order valence-corrected chi connectivity index (χ1v) is 8.60. The quantitative estimate of drug-likeness (QED) is 0.497. The molecule has 0 radical (unpaired) electrons. The summed E-state index contributed by atoms with van der Waals surface area (Å²) in [4.78, 5) is 49.1. The molecule has 0 aromatic carbocycles. The topological polar surface area (TPSA) is 130 Å². The molecule has 1 N–H and O–H groups in total. The molecule has 29 heavy (non-hydrogen) atoms. The summed E-state index contributed by atoms with van der Waals surface area (Å²) in [7, 11) is 2.90. The number of amides is 1. The summed E-state index contributed by atoms with van der Waals surface area (Å²) >= 11 is 0. The highest BCUT2D eigenvalue weighted by atomic mass is 16.2. The van der Waals surface area contributed by atoms with Crippen molar-refractivity contribution in [3.05, 3.63) is 75.2 Å². The number of nitrogens with zero attached hydrogens (tertiary/aromatic N) is 7. The minimum Gasteiger partial charge on any atom is -0.347 e. The zero-order valence-corrected chi connectivity index (χ0v) is 15.6. The first-order chi connectivity index (χ1) is 14.0. The third-order valence-electron chi connectivity index (χ3n) is 4.45. The van der Waals surface area contributed by atoms with Gasteiger partial charge in [-0.25, -0.2) is 24.4 Å². The summed E-state index contributed by atoms with van der Waals surface area (Å²) in [5, 5.41) is 7.01. The molecule has 0 spiro atoms. The number of hydrogen-bond acceptors (Lipinski definition) is 7. The summed E-state index contributed by atoms with van der Waals surface area (Å²) in [6.07, 6.45) is 4.58. The molecule has 146 valence electrons. The van der Waals surface area contributed by atoms with Gasteiger partial charge in [0.25, 0.3) is 11.5 Å². The van der Waals surface area contributed by atoms with Crippen molar-refractivity contribution < 1.29 is 4.79 Å². The van der Waals surface area contributed by atoms with E-state index in [4.69, 9.17) is 0 Å². The summed E-state index contributed by atoms with van der Waals surface area (Å²) in [5.74, 6) is 0.177. The second-order valence-electron chi connectivity index (χ2n) is 6.32. The average Bonchev–Trinajstić information content (AvgIpc) is 3.29. The van der Waals surface area contributed by atoms with Crippen molar-refractivity contribution in [1.29, 1.82) is 0 Å². The fraction of sp³-hybridized carbons (Fsp3) is 0.167. The highest BCUT2D eigenvalue weighted by Crippen LogP contribution is 2.07. The standard InChI is InChI=1S/C18H16N8O3/c1-24-15-12(17(28)25(2)18(24)29)4-5-13(23-15)16(27)21-8-11-3-6-14(20-7-11)26-10-19-9-22-26/h3-7,9-10H,8H2,1-2H3,(H,21,27). The van der Waals surface area contributed by atoms with E-state index in [-0.39, 0.29) is 23.3 Å². The second-order valence-corrected chi connectivity index (χ2v) is 6.32. The average molecular weight is 392 g/mol. The Morgan fingerprint density at radius 1 is 1.10 bits per heavy atom. The Bertz CT molecular complexity index is 1320. The van der Waals surface area contributed by atoms with E-state index in [2.05, 4.69) is 25.4 Å². The van der Waals surface area contributed by atoms with Crippen LogP contribution in [0, 0.1) is 0 Å². The number of aryl methyl sites for hydroxylation is 1. The highest BCUT2D eigenvalue weighted by molar-refractivity contribution is 5.94. The van der Waals surface area contributed by atoms with E-state index < -0.39 is 17.2 Å². The van der Waals surface area contributed by atoms with Crippen LogP contribution in [0.1, 0.15) is 16.1 Å². The molecule has 11 heteroatoms. The first kappa shape index (κ1) is 18.2. The Balaban J connectivity index is 1.53. The van der Waals surface area contributed by atoms with Gasteiger partial charge in [-0.15, -0.1) is 0 Å². The molecule has 11 nitrogen and oxygen atoms in total. The molecular formula is C18H16N8O3. The van der Waals surface area contributed by atoms with Gasteiger partial charge >= 0.3 is 5.69 Å². The van der Waals surface area contributed by atoms with Crippen molar-refractivity contribution in [3.8, 4) is 5.82 Å².